The number of hydrogen-bond acceptors (Lipinski definition) is 5. The van der Waals surface area contributed by atoms with Gasteiger partial charge in [0.2, 0.25) is 0 Å². The van der Waals surface area contributed by atoms with Gasteiger partial charge in [-0.15, -0.1) is 4.91 Å². The fourth-order valence-electron chi connectivity index (χ4n) is 0.823. The van der Waals surface area contributed by atoms with E-state index in [1.54, 1.807) is 0 Å². The number of nitroso groups, excluding NO2 is 1. The lowest BCUT2D eigenvalue weighted by atomic mass is 10.3. The molecule has 0 unspecified atom stereocenters. The van der Waals surface area contributed by atoms with Crippen LogP contribution in [0.4, 0.5) is 18.9 Å². The van der Waals surface area contributed by atoms with Crippen LogP contribution < -0.4 is 4.18 Å². The van der Waals surface area contributed by atoms with Crippen molar-refractivity contribution in [3.63, 3.8) is 0 Å². The Bertz CT molecular complexity index is 543. The minimum Gasteiger partial charge on any atom is -0.376 e. The van der Waals surface area contributed by atoms with Crippen molar-refractivity contribution >= 4 is 27.4 Å². The van der Waals surface area contributed by atoms with Crippen LogP contribution >= 0.6 is 11.6 Å². The van der Waals surface area contributed by atoms with Gasteiger partial charge in [0.1, 0.15) is 11.4 Å². The Balaban J connectivity index is 3.12. The minimum absolute atomic E-state index is 0.186. The molecule has 0 saturated heterocycles. The maximum absolute atomic E-state index is 12.0. The van der Waals surface area contributed by atoms with E-state index in [1.165, 1.54) is 0 Å². The van der Waals surface area contributed by atoms with Crippen molar-refractivity contribution in [1.82, 2.24) is 0 Å². The number of halogens is 4. The SMILES string of the molecule is O=Nc1cc(Cl)cc(OS(=O)(=O)C(F)(F)F)c1. The maximum atomic E-state index is 12.0. The average molecular weight is 290 g/mol. The average Bonchev–Trinajstić information content (AvgIpc) is 2.14. The zero-order chi connectivity index (χ0) is 13.3. The van der Waals surface area contributed by atoms with Crippen molar-refractivity contribution < 1.29 is 25.8 Å². The Kier molecular flexibility index (Phi) is 3.62. The lowest BCUT2D eigenvalue weighted by Crippen LogP contribution is -2.28. The molecular formula is C7H3ClF3NO4S. The van der Waals surface area contributed by atoms with Gasteiger partial charge in [0.05, 0.1) is 0 Å². The van der Waals surface area contributed by atoms with Crippen molar-refractivity contribution in [2.45, 2.75) is 5.51 Å². The monoisotopic (exact) mass is 289 g/mol. The summed E-state index contributed by atoms with van der Waals surface area (Å²) in [5.74, 6) is -0.746. The molecular weight excluding hydrogens is 287 g/mol. The fourth-order valence-corrected chi connectivity index (χ4v) is 1.49. The van der Waals surface area contributed by atoms with Crippen molar-refractivity contribution in [1.29, 1.82) is 0 Å². The third kappa shape index (κ3) is 3.30. The van der Waals surface area contributed by atoms with Gasteiger partial charge in [-0.25, -0.2) is 0 Å². The minimum atomic E-state index is -5.79. The van der Waals surface area contributed by atoms with Crippen molar-refractivity contribution in [2.75, 3.05) is 0 Å². The van der Waals surface area contributed by atoms with Crippen LogP contribution in [0.1, 0.15) is 0 Å². The Morgan fingerprint density at radius 2 is 1.82 bits per heavy atom. The molecule has 17 heavy (non-hydrogen) atoms. The van der Waals surface area contributed by atoms with Crippen molar-refractivity contribution in [2.24, 2.45) is 5.18 Å². The summed E-state index contributed by atoms with van der Waals surface area (Å²) < 4.78 is 60.9. The molecule has 0 N–H and O–H groups in total. The summed E-state index contributed by atoms with van der Waals surface area (Å²) in [6.07, 6.45) is 0. The molecule has 0 amide bonds. The Morgan fingerprint density at radius 1 is 1.24 bits per heavy atom. The summed E-state index contributed by atoms with van der Waals surface area (Å²) in [6, 6.07) is 2.54. The standard InChI is InChI=1S/C7H3ClF3NO4S/c8-4-1-5(12-13)3-6(2-4)16-17(14,15)7(9,10)11/h1-3H. The fraction of sp³-hybridized carbons (Fsp3) is 0.143. The second kappa shape index (κ2) is 4.49. The molecule has 1 aromatic rings. The van der Waals surface area contributed by atoms with E-state index in [-0.39, 0.29) is 10.7 Å². The van der Waals surface area contributed by atoms with Crippen LogP contribution in [0.15, 0.2) is 23.4 Å². The van der Waals surface area contributed by atoms with E-state index in [0.717, 1.165) is 12.1 Å². The molecule has 0 bridgehead atoms. The van der Waals surface area contributed by atoms with Gasteiger partial charge >= 0.3 is 15.6 Å². The van der Waals surface area contributed by atoms with Crippen LogP contribution in [-0.4, -0.2) is 13.9 Å². The maximum Gasteiger partial charge on any atom is 0.534 e. The van der Waals surface area contributed by atoms with Crippen LogP contribution in [0.25, 0.3) is 0 Å². The first kappa shape index (κ1) is 13.7. The number of nitrogens with zero attached hydrogens (tertiary/aromatic N) is 1. The number of benzene rings is 1. The van der Waals surface area contributed by atoms with E-state index in [9.17, 15) is 26.5 Å². The molecule has 5 nitrogen and oxygen atoms in total. The van der Waals surface area contributed by atoms with Crippen LogP contribution in [0.5, 0.6) is 5.75 Å². The normalized spacial score (nSPS) is 12.2. The second-order valence-corrected chi connectivity index (χ2v) is 4.69. The predicted octanol–water partition coefficient (Wildman–Crippen LogP) is 2.97. The summed E-state index contributed by atoms with van der Waals surface area (Å²) in [6.45, 7) is 0. The van der Waals surface area contributed by atoms with Crippen LogP contribution in [-0.2, 0) is 10.1 Å². The van der Waals surface area contributed by atoms with E-state index in [1.807, 2.05) is 0 Å². The zero-order valence-corrected chi connectivity index (χ0v) is 9.30. The lowest BCUT2D eigenvalue weighted by Gasteiger charge is -2.09. The summed E-state index contributed by atoms with van der Waals surface area (Å²) >= 11 is 5.42. The van der Waals surface area contributed by atoms with Crippen LogP contribution in [0.3, 0.4) is 0 Å². The smallest absolute Gasteiger partial charge is 0.376 e. The Morgan fingerprint density at radius 3 is 2.29 bits per heavy atom. The lowest BCUT2D eigenvalue weighted by molar-refractivity contribution is -0.0500. The summed E-state index contributed by atoms with van der Waals surface area (Å²) in [7, 11) is -5.79. The topological polar surface area (TPSA) is 72.8 Å². The molecule has 0 fully saturated rings. The number of rotatable bonds is 3. The molecule has 0 heterocycles. The second-order valence-electron chi connectivity index (χ2n) is 2.72. The van der Waals surface area contributed by atoms with Gasteiger partial charge in [0, 0.05) is 17.2 Å². The molecule has 94 valence electrons. The van der Waals surface area contributed by atoms with E-state index >= 15 is 0 Å². The first-order valence-electron chi connectivity index (χ1n) is 3.80. The van der Waals surface area contributed by atoms with E-state index in [2.05, 4.69) is 9.36 Å². The van der Waals surface area contributed by atoms with Crippen LogP contribution in [0, 0.1) is 4.91 Å². The highest BCUT2D eigenvalue weighted by Gasteiger charge is 2.48. The molecule has 1 rings (SSSR count). The molecule has 0 spiro atoms. The van der Waals surface area contributed by atoms with Gasteiger partial charge in [-0.3, -0.25) is 0 Å². The van der Waals surface area contributed by atoms with Crippen LogP contribution in [0.2, 0.25) is 5.02 Å². The van der Waals surface area contributed by atoms with Gasteiger partial charge in [0.25, 0.3) is 0 Å². The highest BCUT2D eigenvalue weighted by Crippen LogP contribution is 2.31. The molecule has 0 atom stereocenters. The zero-order valence-electron chi connectivity index (χ0n) is 7.73. The van der Waals surface area contributed by atoms with E-state index in [4.69, 9.17) is 11.6 Å². The summed E-state index contributed by atoms with van der Waals surface area (Å²) in [5, 5.41) is 2.21. The molecule has 0 aliphatic rings. The van der Waals surface area contributed by atoms with E-state index < -0.39 is 21.4 Å². The predicted molar refractivity (Wildman–Crippen MR) is 52.5 cm³/mol. The molecule has 0 aliphatic carbocycles. The largest absolute Gasteiger partial charge is 0.534 e. The molecule has 0 saturated carbocycles. The number of hydrogen-bond donors (Lipinski definition) is 0. The Labute approximate surface area is 98.2 Å². The van der Waals surface area contributed by atoms with Gasteiger partial charge in [-0.2, -0.15) is 21.6 Å². The highest BCUT2D eigenvalue weighted by molar-refractivity contribution is 7.88. The molecule has 10 heteroatoms. The molecule has 1 aromatic carbocycles. The van der Waals surface area contributed by atoms with E-state index in [0.29, 0.717) is 6.07 Å². The third-order valence-electron chi connectivity index (χ3n) is 1.45. The molecule has 0 aliphatic heterocycles. The third-order valence-corrected chi connectivity index (χ3v) is 2.65. The van der Waals surface area contributed by atoms with Crippen molar-refractivity contribution in [3.8, 4) is 5.75 Å². The molecule has 0 aromatic heterocycles. The van der Waals surface area contributed by atoms with Gasteiger partial charge in [-0.1, -0.05) is 11.6 Å². The van der Waals surface area contributed by atoms with Crippen molar-refractivity contribution in [3.05, 3.63) is 28.1 Å². The van der Waals surface area contributed by atoms with Gasteiger partial charge in [-0.05, 0) is 11.2 Å². The summed E-state index contributed by atoms with van der Waals surface area (Å²) in [5.41, 5.74) is -5.92. The highest BCUT2D eigenvalue weighted by atomic mass is 35.5. The van der Waals surface area contributed by atoms with Gasteiger partial charge in [0.15, 0.2) is 0 Å². The summed E-state index contributed by atoms with van der Waals surface area (Å²) in [4.78, 5) is 10.1. The number of alkyl halides is 3. The first-order valence-corrected chi connectivity index (χ1v) is 5.59. The first-order chi connectivity index (χ1) is 7.65. The van der Waals surface area contributed by atoms with Gasteiger partial charge < -0.3 is 4.18 Å². The Hall–Kier alpha value is -1.35. The molecule has 0 radical (unpaired) electrons. The quantitative estimate of drug-likeness (QED) is 0.487.